The van der Waals surface area contributed by atoms with E-state index in [0.717, 1.165) is 5.56 Å². The predicted molar refractivity (Wildman–Crippen MR) is 44.5 cm³/mol. The molecule has 0 aliphatic carbocycles. The molecule has 0 radical (unpaired) electrons. The van der Waals surface area contributed by atoms with E-state index in [-0.39, 0.29) is 0 Å². The third-order valence-corrected chi connectivity index (χ3v) is 1.73. The molecule has 0 fully saturated rings. The Hall–Kier alpha value is -0.600. The van der Waals surface area contributed by atoms with Crippen molar-refractivity contribution in [3.05, 3.63) is 29.0 Å². The van der Waals surface area contributed by atoms with Gasteiger partial charge in [0.1, 0.15) is 5.15 Å². The van der Waals surface area contributed by atoms with Gasteiger partial charge in [-0.15, -0.1) is 0 Å². The van der Waals surface area contributed by atoms with Crippen molar-refractivity contribution in [2.24, 2.45) is 0 Å². The van der Waals surface area contributed by atoms with E-state index in [1.807, 2.05) is 6.92 Å². The lowest BCUT2D eigenvalue weighted by Gasteiger charge is -2.06. The van der Waals surface area contributed by atoms with E-state index in [9.17, 15) is 5.11 Å². The van der Waals surface area contributed by atoms with Crippen molar-refractivity contribution in [1.29, 1.82) is 0 Å². The molecule has 1 atom stereocenters. The number of aromatic nitrogens is 1. The first-order valence-electron chi connectivity index (χ1n) is 3.53. The van der Waals surface area contributed by atoms with Crippen LogP contribution in [0.5, 0.6) is 0 Å². The van der Waals surface area contributed by atoms with Crippen LogP contribution in [0.2, 0.25) is 5.15 Å². The van der Waals surface area contributed by atoms with Crippen LogP contribution in [0, 0.1) is 0 Å². The second kappa shape index (κ2) is 3.69. The van der Waals surface area contributed by atoms with Crippen molar-refractivity contribution in [2.75, 3.05) is 0 Å². The first-order valence-corrected chi connectivity index (χ1v) is 3.91. The van der Waals surface area contributed by atoms with Gasteiger partial charge in [0.15, 0.2) is 0 Å². The first kappa shape index (κ1) is 8.50. The average Bonchev–Trinajstić information content (AvgIpc) is 2.03. The number of hydrogen-bond acceptors (Lipinski definition) is 2. The van der Waals surface area contributed by atoms with Crippen LogP contribution in [-0.2, 0) is 0 Å². The molecule has 0 spiro atoms. The van der Waals surface area contributed by atoms with Gasteiger partial charge in [-0.3, -0.25) is 0 Å². The largest absolute Gasteiger partial charge is 0.388 e. The Morgan fingerprint density at radius 3 is 3.00 bits per heavy atom. The number of hydrogen-bond donors (Lipinski definition) is 1. The van der Waals surface area contributed by atoms with E-state index >= 15 is 0 Å². The fourth-order valence-electron chi connectivity index (χ4n) is 0.860. The summed E-state index contributed by atoms with van der Waals surface area (Å²) in [4.78, 5) is 3.81. The zero-order valence-corrected chi connectivity index (χ0v) is 7.04. The smallest absolute Gasteiger partial charge is 0.129 e. The van der Waals surface area contributed by atoms with Crippen molar-refractivity contribution < 1.29 is 5.11 Å². The summed E-state index contributed by atoms with van der Waals surface area (Å²) in [5.41, 5.74) is 0.826. The van der Waals surface area contributed by atoms with E-state index in [1.165, 1.54) is 0 Å². The van der Waals surface area contributed by atoms with Crippen molar-refractivity contribution >= 4 is 11.6 Å². The van der Waals surface area contributed by atoms with Crippen LogP contribution in [-0.4, -0.2) is 10.1 Å². The fraction of sp³-hybridized carbons (Fsp3) is 0.375. The minimum absolute atomic E-state index is 0.421. The van der Waals surface area contributed by atoms with Crippen molar-refractivity contribution in [1.82, 2.24) is 4.98 Å². The molecule has 0 aliphatic rings. The van der Waals surface area contributed by atoms with Crippen LogP contribution in [0.25, 0.3) is 0 Å². The molecule has 1 N–H and O–H groups in total. The second-order valence-electron chi connectivity index (χ2n) is 2.34. The Morgan fingerprint density at radius 2 is 2.45 bits per heavy atom. The number of halogens is 1. The van der Waals surface area contributed by atoms with E-state index in [1.54, 1.807) is 18.3 Å². The van der Waals surface area contributed by atoms with Gasteiger partial charge >= 0.3 is 0 Å². The van der Waals surface area contributed by atoms with Gasteiger partial charge in [0, 0.05) is 6.20 Å². The summed E-state index contributed by atoms with van der Waals surface area (Å²) in [6, 6.07) is 3.44. The zero-order chi connectivity index (χ0) is 8.27. The molecule has 2 nitrogen and oxygen atoms in total. The third-order valence-electron chi connectivity index (χ3n) is 1.52. The summed E-state index contributed by atoms with van der Waals surface area (Å²) in [5.74, 6) is 0. The van der Waals surface area contributed by atoms with Crippen molar-refractivity contribution in [3.8, 4) is 0 Å². The maximum absolute atomic E-state index is 9.37. The van der Waals surface area contributed by atoms with Crippen molar-refractivity contribution in [3.63, 3.8) is 0 Å². The van der Waals surface area contributed by atoms with Gasteiger partial charge in [0.25, 0.3) is 0 Å². The Balaban J connectivity index is 2.86. The first-order chi connectivity index (χ1) is 5.24. The van der Waals surface area contributed by atoms with Gasteiger partial charge in [-0.05, 0) is 24.1 Å². The molecule has 1 unspecified atom stereocenters. The zero-order valence-electron chi connectivity index (χ0n) is 6.29. The monoisotopic (exact) mass is 171 g/mol. The minimum atomic E-state index is -0.421. The number of nitrogens with zero attached hydrogens (tertiary/aromatic N) is 1. The molecule has 0 saturated heterocycles. The highest BCUT2D eigenvalue weighted by Crippen LogP contribution is 2.17. The molecular formula is C8H10ClNO. The lowest BCUT2D eigenvalue weighted by Crippen LogP contribution is -1.94. The molecule has 1 aromatic rings. The fourth-order valence-corrected chi connectivity index (χ4v) is 1.04. The van der Waals surface area contributed by atoms with Gasteiger partial charge in [0.2, 0.25) is 0 Å². The summed E-state index contributed by atoms with van der Waals surface area (Å²) in [5, 5.41) is 9.79. The summed E-state index contributed by atoms with van der Waals surface area (Å²) in [7, 11) is 0. The Morgan fingerprint density at radius 1 is 1.73 bits per heavy atom. The highest BCUT2D eigenvalue weighted by molar-refractivity contribution is 6.29. The molecule has 11 heavy (non-hydrogen) atoms. The highest BCUT2D eigenvalue weighted by Gasteiger charge is 2.03. The van der Waals surface area contributed by atoms with Gasteiger partial charge in [0.05, 0.1) is 6.10 Å². The van der Waals surface area contributed by atoms with Crippen LogP contribution in [0.15, 0.2) is 18.3 Å². The highest BCUT2D eigenvalue weighted by atomic mass is 35.5. The third kappa shape index (κ3) is 2.17. The van der Waals surface area contributed by atoms with Crippen LogP contribution in [0.3, 0.4) is 0 Å². The maximum atomic E-state index is 9.37. The lowest BCUT2D eigenvalue weighted by atomic mass is 10.1. The molecule has 0 aromatic carbocycles. The van der Waals surface area contributed by atoms with Gasteiger partial charge in [-0.2, -0.15) is 0 Å². The number of pyridine rings is 1. The SMILES string of the molecule is CCC(O)c1ccnc(Cl)c1. The van der Waals surface area contributed by atoms with Crippen molar-refractivity contribution in [2.45, 2.75) is 19.4 Å². The van der Waals surface area contributed by atoms with Crippen LogP contribution >= 0.6 is 11.6 Å². The van der Waals surface area contributed by atoms with Crippen LogP contribution in [0.4, 0.5) is 0 Å². The average molecular weight is 172 g/mol. The normalized spacial score (nSPS) is 13.0. The molecule has 60 valence electrons. The molecule has 0 bridgehead atoms. The summed E-state index contributed by atoms with van der Waals surface area (Å²) in [6.07, 6.45) is 1.87. The second-order valence-corrected chi connectivity index (χ2v) is 2.72. The predicted octanol–water partition coefficient (Wildman–Crippen LogP) is 2.18. The number of aliphatic hydroxyl groups excluding tert-OH is 1. The van der Waals surface area contributed by atoms with Crippen LogP contribution < -0.4 is 0 Å². The Kier molecular flexibility index (Phi) is 2.85. The van der Waals surface area contributed by atoms with E-state index < -0.39 is 6.10 Å². The molecule has 1 aromatic heterocycles. The summed E-state index contributed by atoms with van der Waals surface area (Å²) >= 11 is 5.62. The Labute approximate surface area is 70.8 Å². The lowest BCUT2D eigenvalue weighted by molar-refractivity contribution is 0.173. The molecule has 0 aliphatic heterocycles. The van der Waals surface area contributed by atoms with Gasteiger partial charge in [-0.25, -0.2) is 4.98 Å². The molecule has 3 heteroatoms. The molecule has 0 amide bonds. The summed E-state index contributed by atoms with van der Waals surface area (Å²) < 4.78 is 0. The minimum Gasteiger partial charge on any atom is -0.388 e. The van der Waals surface area contributed by atoms with E-state index in [4.69, 9.17) is 11.6 Å². The molecule has 1 heterocycles. The van der Waals surface area contributed by atoms with E-state index in [0.29, 0.717) is 11.6 Å². The van der Waals surface area contributed by atoms with Gasteiger partial charge < -0.3 is 5.11 Å². The number of rotatable bonds is 2. The van der Waals surface area contributed by atoms with Crippen LogP contribution in [0.1, 0.15) is 25.0 Å². The summed E-state index contributed by atoms with van der Waals surface area (Å²) in [6.45, 7) is 1.92. The topological polar surface area (TPSA) is 33.1 Å². The van der Waals surface area contributed by atoms with Gasteiger partial charge in [-0.1, -0.05) is 18.5 Å². The molecule has 1 rings (SSSR count). The Bertz CT molecular complexity index is 239. The maximum Gasteiger partial charge on any atom is 0.129 e. The quantitative estimate of drug-likeness (QED) is 0.692. The molecular weight excluding hydrogens is 162 g/mol. The van der Waals surface area contributed by atoms with E-state index in [2.05, 4.69) is 4.98 Å². The molecule has 0 saturated carbocycles. The standard InChI is InChI=1S/C8H10ClNO/c1-2-7(11)6-3-4-10-8(9)5-6/h3-5,7,11H,2H2,1H3. The number of aliphatic hydroxyl groups is 1.